The summed E-state index contributed by atoms with van der Waals surface area (Å²) in [6.45, 7) is 0.445. The third kappa shape index (κ3) is 2.33. The Hall–Kier alpha value is -1.43. The number of anilines is 1. The summed E-state index contributed by atoms with van der Waals surface area (Å²) in [5.74, 6) is 0.0612. The Morgan fingerprint density at radius 3 is 2.87 bits per heavy atom. The van der Waals surface area contributed by atoms with Crippen LogP contribution in [0.1, 0.15) is 5.56 Å². The van der Waals surface area contributed by atoms with E-state index in [2.05, 4.69) is 26.0 Å². The van der Waals surface area contributed by atoms with Crippen LogP contribution in [0.4, 0.5) is 10.2 Å². The van der Waals surface area contributed by atoms with Gasteiger partial charge in [-0.2, -0.15) is 5.10 Å². The predicted octanol–water partition coefficient (Wildman–Crippen LogP) is 1.81. The third-order valence-electron chi connectivity index (χ3n) is 1.85. The van der Waals surface area contributed by atoms with Gasteiger partial charge < -0.3 is 5.73 Å². The van der Waals surface area contributed by atoms with E-state index in [0.717, 1.165) is 16.2 Å². The molecule has 0 saturated heterocycles. The fourth-order valence-electron chi connectivity index (χ4n) is 1.22. The van der Waals surface area contributed by atoms with Crippen LogP contribution in [-0.2, 0) is 6.54 Å². The average Bonchev–Trinajstić information content (AvgIpc) is 2.45. The molecular weight excluding hydrogens is 263 g/mol. The van der Waals surface area contributed by atoms with E-state index in [1.54, 1.807) is 17.1 Å². The van der Waals surface area contributed by atoms with Gasteiger partial charge in [0, 0.05) is 12.4 Å². The molecule has 0 atom stereocenters. The number of pyridine rings is 1. The van der Waals surface area contributed by atoms with Crippen molar-refractivity contribution >= 4 is 21.7 Å². The van der Waals surface area contributed by atoms with Crippen molar-refractivity contribution in [1.29, 1.82) is 0 Å². The van der Waals surface area contributed by atoms with Gasteiger partial charge in [0.2, 0.25) is 0 Å². The Kier molecular flexibility index (Phi) is 2.68. The van der Waals surface area contributed by atoms with Crippen molar-refractivity contribution in [2.24, 2.45) is 0 Å². The number of nitrogens with two attached hydrogens (primary N) is 1. The Morgan fingerprint density at radius 2 is 2.27 bits per heavy atom. The van der Waals surface area contributed by atoms with Crippen molar-refractivity contribution in [3.8, 4) is 0 Å². The zero-order valence-electron chi connectivity index (χ0n) is 7.69. The van der Waals surface area contributed by atoms with E-state index < -0.39 is 0 Å². The van der Waals surface area contributed by atoms with Gasteiger partial charge in [-0.15, -0.1) is 0 Å². The molecule has 0 aliphatic rings. The largest absolute Gasteiger partial charge is 0.381 e. The van der Waals surface area contributed by atoms with Crippen molar-refractivity contribution in [2.75, 3.05) is 5.73 Å². The first-order chi connectivity index (χ1) is 7.15. The maximum atomic E-state index is 12.8. The number of aromatic nitrogens is 3. The van der Waals surface area contributed by atoms with Crippen LogP contribution >= 0.6 is 15.9 Å². The first kappa shape index (κ1) is 10.1. The molecule has 2 heterocycles. The average molecular weight is 271 g/mol. The van der Waals surface area contributed by atoms with Gasteiger partial charge in [-0.1, -0.05) is 0 Å². The Bertz CT molecular complexity index is 463. The van der Waals surface area contributed by atoms with Crippen LogP contribution < -0.4 is 5.73 Å². The molecule has 0 spiro atoms. The van der Waals surface area contributed by atoms with Gasteiger partial charge in [-0.25, -0.2) is 4.39 Å². The van der Waals surface area contributed by atoms with Crippen molar-refractivity contribution in [1.82, 2.24) is 14.8 Å². The number of halogens is 2. The molecule has 2 N–H and O–H groups in total. The number of nitrogens with zero attached hydrogens (tertiary/aromatic N) is 3. The highest BCUT2D eigenvalue weighted by Gasteiger charge is 2.03. The summed E-state index contributed by atoms with van der Waals surface area (Å²) >= 11 is 3.25. The van der Waals surface area contributed by atoms with E-state index in [9.17, 15) is 4.39 Å². The molecule has 2 rings (SSSR count). The fraction of sp³-hybridized carbons (Fsp3) is 0.111. The quantitative estimate of drug-likeness (QED) is 0.906. The van der Waals surface area contributed by atoms with Crippen LogP contribution in [-0.4, -0.2) is 14.8 Å². The molecule has 0 radical (unpaired) electrons. The number of hydrogen-bond donors (Lipinski definition) is 1. The molecule has 0 aliphatic heterocycles. The molecular formula is C9H8BrFN4. The molecule has 2 aromatic heterocycles. The number of rotatable bonds is 2. The van der Waals surface area contributed by atoms with E-state index in [0.29, 0.717) is 12.4 Å². The lowest BCUT2D eigenvalue weighted by molar-refractivity contribution is 0.612. The SMILES string of the molecule is Nc1nn(Cc2cncc(F)c2)cc1Br. The second kappa shape index (κ2) is 3.98. The monoisotopic (exact) mass is 270 g/mol. The van der Waals surface area contributed by atoms with Gasteiger partial charge in [-0.05, 0) is 27.6 Å². The zero-order valence-corrected chi connectivity index (χ0v) is 9.28. The maximum Gasteiger partial charge on any atom is 0.159 e. The van der Waals surface area contributed by atoms with E-state index >= 15 is 0 Å². The third-order valence-corrected chi connectivity index (χ3v) is 2.46. The first-order valence-electron chi connectivity index (χ1n) is 4.23. The molecule has 0 fully saturated rings. The Morgan fingerprint density at radius 1 is 1.47 bits per heavy atom. The van der Waals surface area contributed by atoms with Crippen LogP contribution in [0.25, 0.3) is 0 Å². The molecule has 15 heavy (non-hydrogen) atoms. The lowest BCUT2D eigenvalue weighted by atomic mass is 10.3. The second-order valence-corrected chi connectivity index (χ2v) is 3.93. The van der Waals surface area contributed by atoms with Gasteiger partial charge in [0.15, 0.2) is 5.82 Å². The van der Waals surface area contributed by atoms with E-state index in [1.807, 2.05) is 0 Å². The van der Waals surface area contributed by atoms with Gasteiger partial charge in [-0.3, -0.25) is 9.67 Å². The van der Waals surface area contributed by atoms with Crippen LogP contribution in [0.5, 0.6) is 0 Å². The highest BCUT2D eigenvalue weighted by atomic mass is 79.9. The van der Waals surface area contributed by atoms with Crippen molar-refractivity contribution < 1.29 is 4.39 Å². The van der Waals surface area contributed by atoms with Crippen molar-refractivity contribution in [3.05, 3.63) is 40.5 Å². The first-order valence-corrected chi connectivity index (χ1v) is 5.02. The summed E-state index contributed by atoms with van der Waals surface area (Å²) in [7, 11) is 0. The molecule has 0 unspecified atom stereocenters. The molecule has 6 heteroatoms. The fourth-order valence-corrected chi connectivity index (χ4v) is 1.54. The summed E-state index contributed by atoms with van der Waals surface area (Å²) in [4.78, 5) is 3.75. The van der Waals surface area contributed by atoms with Crippen LogP contribution in [0.2, 0.25) is 0 Å². The zero-order chi connectivity index (χ0) is 10.8. The van der Waals surface area contributed by atoms with Gasteiger partial charge in [0.1, 0.15) is 5.82 Å². The molecule has 0 amide bonds. The number of hydrogen-bond acceptors (Lipinski definition) is 3. The smallest absolute Gasteiger partial charge is 0.159 e. The minimum absolute atomic E-state index is 0.355. The predicted molar refractivity (Wildman–Crippen MR) is 57.6 cm³/mol. The molecule has 2 aromatic rings. The minimum Gasteiger partial charge on any atom is -0.381 e. The lowest BCUT2D eigenvalue weighted by Gasteiger charge is -2.00. The molecule has 0 aromatic carbocycles. The summed E-state index contributed by atoms with van der Waals surface area (Å²) in [6.07, 6.45) is 4.49. The molecule has 0 saturated carbocycles. The van der Waals surface area contributed by atoms with Crippen LogP contribution in [0.15, 0.2) is 29.1 Å². The van der Waals surface area contributed by atoms with Crippen LogP contribution in [0.3, 0.4) is 0 Å². The second-order valence-electron chi connectivity index (χ2n) is 3.07. The summed E-state index contributed by atoms with van der Waals surface area (Å²) in [5, 5.41) is 4.03. The molecule has 4 nitrogen and oxygen atoms in total. The lowest BCUT2D eigenvalue weighted by Crippen LogP contribution is -2.01. The minimum atomic E-state index is -0.355. The topological polar surface area (TPSA) is 56.7 Å². The summed E-state index contributed by atoms with van der Waals surface area (Å²) < 4.78 is 15.2. The van der Waals surface area contributed by atoms with Gasteiger partial charge in [0.05, 0.1) is 17.2 Å². The normalized spacial score (nSPS) is 10.5. The van der Waals surface area contributed by atoms with E-state index in [-0.39, 0.29) is 5.82 Å². The van der Waals surface area contributed by atoms with E-state index in [4.69, 9.17) is 5.73 Å². The molecule has 0 bridgehead atoms. The van der Waals surface area contributed by atoms with Gasteiger partial charge in [0.25, 0.3) is 0 Å². The number of nitrogen functional groups attached to an aromatic ring is 1. The van der Waals surface area contributed by atoms with Gasteiger partial charge >= 0.3 is 0 Å². The standard InChI is InChI=1S/C9H8BrFN4/c10-8-5-15(14-9(8)12)4-6-1-7(11)3-13-2-6/h1-3,5H,4H2,(H2,12,14). The highest BCUT2D eigenvalue weighted by molar-refractivity contribution is 9.10. The summed E-state index contributed by atoms with van der Waals surface area (Å²) in [5.41, 5.74) is 6.30. The highest BCUT2D eigenvalue weighted by Crippen LogP contribution is 2.17. The Labute approximate surface area is 94.1 Å². The van der Waals surface area contributed by atoms with Crippen molar-refractivity contribution in [2.45, 2.75) is 6.54 Å². The Balaban J connectivity index is 2.22. The van der Waals surface area contributed by atoms with Crippen molar-refractivity contribution in [3.63, 3.8) is 0 Å². The molecule has 78 valence electrons. The van der Waals surface area contributed by atoms with E-state index in [1.165, 1.54) is 6.07 Å². The summed E-state index contributed by atoms with van der Waals surface area (Å²) in [6, 6.07) is 1.42. The van der Waals surface area contributed by atoms with Crippen LogP contribution in [0, 0.1) is 5.82 Å². The maximum absolute atomic E-state index is 12.8. The molecule has 0 aliphatic carbocycles.